The summed E-state index contributed by atoms with van der Waals surface area (Å²) in [6, 6.07) is 14.5. The van der Waals surface area contributed by atoms with Gasteiger partial charge in [-0.25, -0.2) is 4.79 Å². The van der Waals surface area contributed by atoms with Crippen molar-refractivity contribution < 1.29 is 18.8 Å². The number of rotatable bonds is 6. The van der Waals surface area contributed by atoms with E-state index in [1.807, 2.05) is 24.3 Å². The molecule has 0 aliphatic carbocycles. The molecule has 8 nitrogen and oxygen atoms in total. The number of piperidine rings is 1. The lowest BCUT2D eigenvalue weighted by Crippen LogP contribution is -2.40. The van der Waals surface area contributed by atoms with E-state index in [4.69, 9.17) is 9.26 Å². The molecule has 1 saturated heterocycles. The van der Waals surface area contributed by atoms with Crippen LogP contribution in [0.2, 0.25) is 0 Å². The average Bonchev–Trinajstić information content (AvgIpc) is 3.27. The molecular formula is C23H23BrN4O4. The van der Waals surface area contributed by atoms with E-state index in [9.17, 15) is 9.59 Å². The summed E-state index contributed by atoms with van der Waals surface area (Å²) in [4.78, 5) is 31.2. The third-order valence-corrected chi connectivity index (χ3v) is 5.89. The Morgan fingerprint density at radius 2 is 2.06 bits per heavy atom. The Morgan fingerprint density at radius 3 is 2.84 bits per heavy atom. The average molecular weight is 499 g/mol. The van der Waals surface area contributed by atoms with Crippen molar-refractivity contribution >= 4 is 33.5 Å². The lowest BCUT2D eigenvalue weighted by atomic mass is 9.97. The highest BCUT2D eigenvalue weighted by molar-refractivity contribution is 9.10. The van der Waals surface area contributed by atoms with Gasteiger partial charge in [-0.1, -0.05) is 27.2 Å². The first-order valence-corrected chi connectivity index (χ1v) is 11.1. The number of ether oxygens (including phenoxy) is 1. The molecule has 2 aromatic carbocycles. The number of anilines is 1. The van der Waals surface area contributed by atoms with Gasteiger partial charge in [0.05, 0.1) is 25.1 Å². The zero-order valence-corrected chi connectivity index (χ0v) is 19.2. The first-order chi connectivity index (χ1) is 15.5. The maximum Gasteiger partial charge on any atom is 0.337 e. The van der Waals surface area contributed by atoms with Gasteiger partial charge in [-0.15, -0.1) is 0 Å². The number of carbonyl (C=O) groups excluding carboxylic acids is 2. The fraction of sp³-hybridized carbons (Fsp3) is 0.304. The van der Waals surface area contributed by atoms with E-state index in [2.05, 4.69) is 36.3 Å². The Balaban J connectivity index is 1.36. The summed E-state index contributed by atoms with van der Waals surface area (Å²) >= 11 is 3.42. The standard InChI is InChI=1S/C23H23BrN4O4/c1-31-23(30)16-4-2-6-19(12-16)25-22(29)17-5-3-11-28(13-17)14-20-26-21(27-32-20)15-7-9-18(24)10-8-15/h2,4,6-10,12,17H,3,5,11,13-14H2,1H3,(H,25,29). The molecule has 0 saturated carbocycles. The highest BCUT2D eigenvalue weighted by Gasteiger charge is 2.27. The molecule has 1 aliphatic heterocycles. The molecule has 0 radical (unpaired) electrons. The molecule has 1 aromatic heterocycles. The van der Waals surface area contributed by atoms with Crippen LogP contribution in [0.15, 0.2) is 57.5 Å². The van der Waals surface area contributed by atoms with Gasteiger partial charge < -0.3 is 14.6 Å². The van der Waals surface area contributed by atoms with Crippen LogP contribution in [0.4, 0.5) is 5.69 Å². The largest absolute Gasteiger partial charge is 0.465 e. The number of nitrogens with zero attached hydrogens (tertiary/aromatic N) is 3. The molecule has 1 atom stereocenters. The molecular weight excluding hydrogens is 476 g/mol. The predicted molar refractivity (Wildman–Crippen MR) is 122 cm³/mol. The Kier molecular flexibility index (Phi) is 6.96. The summed E-state index contributed by atoms with van der Waals surface area (Å²) < 4.78 is 11.2. The van der Waals surface area contributed by atoms with Crippen LogP contribution in [0.3, 0.4) is 0 Å². The second kappa shape index (κ2) is 10.1. The van der Waals surface area contributed by atoms with Crippen molar-refractivity contribution in [2.45, 2.75) is 19.4 Å². The highest BCUT2D eigenvalue weighted by atomic mass is 79.9. The molecule has 1 N–H and O–H groups in total. The van der Waals surface area contributed by atoms with Crippen LogP contribution in [0.1, 0.15) is 29.1 Å². The minimum absolute atomic E-state index is 0.0715. The van der Waals surface area contributed by atoms with Crippen molar-refractivity contribution in [2.75, 3.05) is 25.5 Å². The topological polar surface area (TPSA) is 97.6 Å². The maximum atomic E-state index is 12.8. The molecule has 0 spiro atoms. The van der Waals surface area contributed by atoms with Gasteiger partial charge in [-0.2, -0.15) is 4.98 Å². The van der Waals surface area contributed by atoms with Crippen molar-refractivity contribution in [2.24, 2.45) is 5.92 Å². The zero-order chi connectivity index (χ0) is 22.5. The highest BCUT2D eigenvalue weighted by Crippen LogP contribution is 2.23. The molecule has 9 heteroatoms. The van der Waals surface area contributed by atoms with Crippen molar-refractivity contribution in [3.05, 3.63) is 64.5 Å². The summed E-state index contributed by atoms with van der Waals surface area (Å²) in [5, 5.41) is 6.99. The Hall–Kier alpha value is -3.04. The van der Waals surface area contributed by atoms with Crippen molar-refractivity contribution in [1.29, 1.82) is 0 Å². The maximum absolute atomic E-state index is 12.8. The van der Waals surface area contributed by atoms with Gasteiger partial charge in [0.1, 0.15) is 0 Å². The molecule has 166 valence electrons. The number of esters is 1. The van der Waals surface area contributed by atoms with E-state index in [-0.39, 0.29) is 11.8 Å². The van der Waals surface area contributed by atoms with Crippen LogP contribution in [-0.2, 0) is 16.1 Å². The molecule has 1 aliphatic rings. The van der Waals surface area contributed by atoms with Gasteiger partial charge in [-0.3, -0.25) is 9.69 Å². The summed E-state index contributed by atoms with van der Waals surface area (Å²) in [6.45, 7) is 1.95. The lowest BCUT2D eigenvalue weighted by Gasteiger charge is -2.30. The predicted octanol–water partition coefficient (Wildman–Crippen LogP) is 4.14. The Bertz CT molecular complexity index is 1100. The first-order valence-electron chi connectivity index (χ1n) is 10.3. The molecule has 32 heavy (non-hydrogen) atoms. The monoisotopic (exact) mass is 498 g/mol. The number of carbonyl (C=O) groups is 2. The van der Waals surface area contributed by atoms with E-state index in [0.29, 0.717) is 36.1 Å². The first kappa shape index (κ1) is 22.2. The molecule has 1 fully saturated rings. The minimum Gasteiger partial charge on any atom is -0.465 e. The lowest BCUT2D eigenvalue weighted by molar-refractivity contribution is -0.121. The van der Waals surface area contributed by atoms with E-state index < -0.39 is 5.97 Å². The van der Waals surface area contributed by atoms with Crippen molar-refractivity contribution in [3.8, 4) is 11.4 Å². The van der Waals surface area contributed by atoms with Gasteiger partial charge in [0, 0.05) is 22.3 Å². The number of methoxy groups -OCH3 is 1. The number of hydrogen-bond donors (Lipinski definition) is 1. The fourth-order valence-electron chi connectivity index (χ4n) is 3.73. The van der Waals surface area contributed by atoms with Crippen molar-refractivity contribution in [1.82, 2.24) is 15.0 Å². The third kappa shape index (κ3) is 5.41. The SMILES string of the molecule is COC(=O)c1cccc(NC(=O)C2CCCN(Cc3nc(-c4ccc(Br)cc4)no3)C2)c1. The van der Waals surface area contributed by atoms with E-state index >= 15 is 0 Å². The smallest absolute Gasteiger partial charge is 0.337 e. The van der Waals surface area contributed by atoms with Crippen LogP contribution in [0.5, 0.6) is 0 Å². The second-order valence-electron chi connectivity index (χ2n) is 7.65. The molecule has 2 heterocycles. The van der Waals surface area contributed by atoms with Crippen LogP contribution in [0, 0.1) is 5.92 Å². The van der Waals surface area contributed by atoms with Crippen molar-refractivity contribution in [3.63, 3.8) is 0 Å². The van der Waals surface area contributed by atoms with E-state index in [0.717, 1.165) is 29.4 Å². The quantitative estimate of drug-likeness (QED) is 0.510. The minimum atomic E-state index is -0.438. The van der Waals surface area contributed by atoms with E-state index in [1.165, 1.54) is 7.11 Å². The normalized spacial score (nSPS) is 16.5. The van der Waals surface area contributed by atoms with Crippen LogP contribution in [0.25, 0.3) is 11.4 Å². The molecule has 3 aromatic rings. The number of halogens is 1. The fourth-order valence-corrected chi connectivity index (χ4v) is 3.99. The molecule has 1 unspecified atom stereocenters. The number of likely N-dealkylation sites (tertiary alicyclic amines) is 1. The number of benzene rings is 2. The second-order valence-corrected chi connectivity index (χ2v) is 8.57. The summed E-state index contributed by atoms with van der Waals surface area (Å²) in [5.41, 5.74) is 1.85. The summed E-state index contributed by atoms with van der Waals surface area (Å²) in [7, 11) is 1.33. The van der Waals surface area contributed by atoms with Gasteiger partial charge in [0.15, 0.2) is 0 Å². The van der Waals surface area contributed by atoms with Gasteiger partial charge in [-0.05, 0) is 61.9 Å². The number of nitrogens with one attached hydrogen (secondary N) is 1. The number of hydrogen-bond acceptors (Lipinski definition) is 7. The Labute approximate surface area is 194 Å². The van der Waals surface area contributed by atoms with E-state index in [1.54, 1.807) is 24.3 Å². The molecule has 1 amide bonds. The van der Waals surface area contributed by atoms with Gasteiger partial charge in [0.2, 0.25) is 17.6 Å². The number of aromatic nitrogens is 2. The van der Waals surface area contributed by atoms with Gasteiger partial charge >= 0.3 is 5.97 Å². The molecule has 4 rings (SSSR count). The van der Waals surface area contributed by atoms with Crippen LogP contribution >= 0.6 is 15.9 Å². The summed E-state index contributed by atoms with van der Waals surface area (Å²) in [5.74, 6) is 0.392. The molecule has 0 bridgehead atoms. The van der Waals surface area contributed by atoms with Gasteiger partial charge in [0.25, 0.3) is 0 Å². The summed E-state index contributed by atoms with van der Waals surface area (Å²) in [6.07, 6.45) is 1.70. The zero-order valence-electron chi connectivity index (χ0n) is 17.6. The third-order valence-electron chi connectivity index (χ3n) is 5.36. The van der Waals surface area contributed by atoms with Crippen LogP contribution in [-0.4, -0.2) is 47.1 Å². The Morgan fingerprint density at radius 1 is 1.25 bits per heavy atom. The van der Waals surface area contributed by atoms with Crippen LogP contribution < -0.4 is 5.32 Å². The number of amides is 1.